The van der Waals surface area contributed by atoms with E-state index in [-0.39, 0.29) is 32.2 Å². The minimum absolute atomic E-state index is 0.0157. The summed E-state index contributed by atoms with van der Waals surface area (Å²) in [4.78, 5) is 45.3. The van der Waals surface area contributed by atoms with Crippen LogP contribution in [0.15, 0.2) is 0 Å². The smallest absolute Gasteiger partial charge is 0.326 e. The minimum Gasteiger partial charge on any atom is -0.481 e. The first-order chi connectivity index (χ1) is 8.82. The van der Waals surface area contributed by atoms with E-state index in [0.29, 0.717) is 0 Å². The number of aliphatic carboxylic acids is 2. The Balaban J connectivity index is 2.66. The van der Waals surface area contributed by atoms with Gasteiger partial charge < -0.3 is 20.8 Å². The molecular formula is C11H16N2O6. The summed E-state index contributed by atoms with van der Waals surface area (Å²) in [6.45, 7) is -0.0157. The number of likely N-dealkylation sites (tertiary alicyclic amines) is 1. The molecule has 1 rings (SSSR count). The molecule has 19 heavy (non-hydrogen) atoms. The number of primary amides is 1. The number of carbonyl (C=O) groups is 4. The van der Waals surface area contributed by atoms with Gasteiger partial charge in [-0.3, -0.25) is 14.4 Å². The Hall–Kier alpha value is -2.12. The van der Waals surface area contributed by atoms with Crippen LogP contribution in [0.4, 0.5) is 0 Å². The van der Waals surface area contributed by atoms with Gasteiger partial charge in [0, 0.05) is 19.4 Å². The first kappa shape index (κ1) is 14.9. The lowest BCUT2D eigenvalue weighted by Gasteiger charge is -2.24. The SMILES string of the molecule is NC(=O)C1CC(=O)N(C(CCCC(=O)O)C(=O)O)C1. The maximum absolute atomic E-state index is 11.7. The van der Waals surface area contributed by atoms with Gasteiger partial charge in [0.25, 0.3) is 0 Å². The molecule has 0 aliphatic carbocycles. The molecule has 4 N–H and O–H groups in total. The molecule has 0 bridgehead atoms. The van der Waals surface area contributed by atoms with Crippen LogP contribution in [0.1, 0.15) is 25.7 Å². The Morgan fingerprint density at radius 1 is 1.37 bits per heavy atom. The number of hydrogen-bond donors (Lipinski definition) is 3. The standard InChI is InChI=1S/C11H16N2O6/c12-10(17)6-4-8(14)13(5-6)7(11(18)19)2-1-3-9(15)16/h6-7H,1-5H2,(H2,12,17)(H,15,16)(H,18,19). The molecule has 2 amide bonds. The Morgan fingerprint density at radius 3 is 2.42 bits per heavy atom. The van der Waals surface area contributed by atoms with Gasteiger partial charge in [-0.2, -0.15) is 0 Å². The molecule has 1 heterocycles. The molecule has 1 aliphatic rings. The summed E-state index contributed by atoms with van der Waals surface area (Å²) in [7, 11) is 0. The molecule has 106 valence electrons. The Kier molecular flexibility index (Phi) is 4.85. The van der Waals surface area contributed by atoms with E-state index in [0.717, 1.165) is 4.90 Å². The average molecular weight is 272 g/mol. The molecule has 0 aromatic heterocycles. The second-order valence-corrected chi connectivity index (χ2v) is 4.49. The van der Waals surface area contributed by atoms with E-state index in [1.165, 1.54) is 0 Å². The van der Waals surface area contributed by atoms with Gasteiger partial charge in [0.2, 0.25) is 11.8 Å². The van der Waals surface area contributed by atoms with Gasteiger partial charge >= 0.3 is 11.9 Å². The van der Waals surface area contributed by atoms with Crippen molar-refractivity contribution < 1.29 is 29.4 Å². The fourth-order valence-corrected chi connectivity index (χ4v) is 2.08. The molecule has 0 aromatic rings. The number of amides is 2. The predicted molar refractivity (Wildman–Crippen MR) is 61.9 cm³/mol. The summed E-state index contributed by atoms with van der Waals surface area (Å²) in [6.07, 6.45) is -0.0563. The van der Waals surface area contributed by atoms with Gasteiger partial charge in [-0.05, 0) is 12.8 Å². The van der Waals surface area contributed by atoms with Crippen LogP contribution in [0, 0.1) is 5.92 Å². The minimum atomic E-state index is -1.20. The summed E-state index contributed by atoms with van der Waals surface area (Å²) in [5, 5.41) is 17.6. The molecule has 8 nitrogen and oxygen atoms in total. The van der Waals surface area contributed by atoms with E-state index in [4.69, 9.17) is 15.9 Å². The fraction of sp³-hybridized carbons (Fsp3) is 0.636. The van der Waals surface area contributed by atoms with Gasteiger partial charge in [-0.1, -0.05) is 0 Å². The van der Waals surface area contributed by atoms with Gasteiger partial charge in [0.1, 0.15) is 6.04 Å². The van der Waals surface area contributed by atoms with Crippen molar-refractivity contribution in [1.29, 1.82) is 0 Å². The Morgan fingerprint density at radius 2 is 2.00 bits per heavy atom. The number of rotatable bonds is 7. The average Bonchev–Trinajstić information content (AvgIpc) is 2.66. The first-order valence-corrected chi connectivity index (χ1v) is 5.86. The van der Waals surface area contributed by atoms with Crippen LogP contribution in [-0.4, -0.2) is 51.5 Å². The first-order valence-electron chi connectivity index (χ1n) is 5.86. The second kappa shape index (κ2) is 6.17. The van der Waals surface area contributed by atoms with Crippen LogP contribution in [0.25, 0.3) is 0 Å². The Labute approximate surface area is 109 Å². The van der Waals surface area contributed by atoms with Crippen molar-refractivity contribution in [1.82, 2.24) is 4.90 Å². The van der Waals surface area contributed by atoms with Crippen molar-refractivity contribution in [2.75, 3.05) is 6.54 Å². The molecule has 1 aliphatic heterocycles. The summed E-state index contributed by atoms with van der Waals surface area (Å²) >= 11 is 0. The summed E-state index contributed by atoms with van der Waals surface area (Å²) in [5.41, 5.74) is 5.10. The molecule has 8 heteroatoms. The van der Waals surface area contributed by atoms with Crippen molar-refractivity contribution in [3.63, 3.8) is 0 Å². The largest absolute Gasteiger partial charge is 0.481 e. The maximum Gasteiger partial charge on any atom is 0.326 e. The monoisotopic (exact) mass is 272 g/mol. The molecule has 0 spiro atoms. The fourth-order valence-electron chi connectivity index (χ4n) is 2.08. The molecular weight excluding hydrogens is 256 g/mol. The van der Waals surface area contributed by atoms with Crippen LogP contribution >= 0.6 is 0 Å². The quantitative estimate of drug-likeness (QED) is 0.545. The molecule has 0 radical (unpaired) electrons. The number of nitrogens with zero attached hydrogens (tertiary/aromatic N) is 1. The third kappa shape index (κ3) is 3.94. The van der Waals surface area contributed by atoms with E-state index < -0.39 is 35.7 Å². The van der Waals surface area contributed by atoms with Crippen molar-refractivity contribution in [3.8, 4) is 0 Å². The molecule has 1 saturated heterocycles. The molecule has 2 unspecified atom stereocenters. The van der Waals surface area contributed by atoms with Gasteiger partial charge in [-0.15, -0.1) is 0 Å². The van der Waals surface area contributed by atoms with Gasteiger partial charge in [-0.25, -0.2) is 4.79 Å². The van der Waals surface area contributed by atoms with Crippen LogP contribution in [0.2, 0.25) is 0 Å². The lowest BCUT2D eigenvalue weighted by molar-refractivity contribution is -0.149. The third-order valence-electron chi connectivity index (χ3n) is 3.09. The maximum atomic E-state index is 11.7. The number of carbonyl (C=O) groups excluding carboxylic acids is 2. The molecule has 2 atom stereocenters. The number of hydrogen-bond acceptors (Lipinski definition) is 4. The zero-order chi connectivity index (χ0) is 14.6. The highest BCUT2D eigenvalue weighted by molar-refractivity contribution is 5.91. The molecule has 0 aromatic carbocycles. The second-order valence-electron chi connectivity index (χ2n) is 4.49. The van der Waals surface area contributed by atoms with Crippen molar-refractivity contribution in [2.24, 2.45) is 11.7 Å². The van der Waals surface area contributed by atoms with Gasteiger partial charge in [0.15, 0.2) is 0 Å². The van der Waals surface area contributed by atoms with Crippen molar-refractivity contribution >= 4 is 23.8 Å². The zero-order valence-corrected chi connectivity index (χ0v) is 10.2. The van der Waals surface area contributed by atoms with E-state index in [1.54, 1.807) is 0 Å². The number of nitrogens with two attached hydrogens (primary N) is 1. The number of carboxylic acid groups (broad SMARTS) is 2. The van der Waals surface area contributed by atoms with Crippen LogP contribution in [-0.2, 0) is 19.2 Å². The van der Waals surface area contributed by atoms with E-state index in [9.17, 15) is 19.2 Å². The molecule has 1 fully saturated rings. The zero-order valence-electron chi connectivity index (χ0n) is 10.2. The van der Waals surface area contributed by atoms with E-state index in [2.05, 4.69) is 0 Å². The number of carboxylic acids is 2. The highest BCUT2D eigenvalue weighted by Gasteiger charge is 2.39. The van der Waals surface area contributed by atoms with Crippen LogP contribution in [0.3, 0.4) is 0 Å². The topological polar surface area (TPSA) is 138 Å². The molecule has 0 saturated carbocycles. The van der Waals surface area contributed by atoms with Crippen LogP contribution in [0.5, 0.6) is 0 Å². The highest BCUT2D eigenvalue weighted by Crippen LogP contribution is 2.22. The normalized spacial score (nSPS) is 20.3. The lowest BCUT2D eigenvalue weighted by atomic mass is 10.1. The summed E-state index contributed by atoms with van der Waals surface area (Å²) in [5.74, 6) is -3.97. The van der Waals surface area contributed by atoms with Crippen molar-refractivity contribution in [2.45, 2.75) is 31.7 Å². The van der Waals surface area contributed by atoms with E-state index >= 15 is 0 Å². The third-order valence-corrected chi connectivity index (χ3v) is 3.09. The summed E-state index contributed by atoms with van der Waals surface area (Å²) < 4.78 is 0. The lowest BCUT2D eigenvalue weighted by Crippen LogP contribution is -2.42. The van der Waals surface area contributed by atoms with Crippen molar-refractivity contribution in [3.05, 3.63) is 0 Å². The Bertz CT molecular complexity index is 408. The van der Waals surface area contributed by atoms with Crippen LogP contribution < -0.4 is 5.73 Å². The highest BCUT2D eigenvalue weighted by atomic mass is 16.4. The van der Waals surface area contributed by atoms with E-state index in [1.807, 2.05) is 0 Å². The summed E-state index contributed by atoms with van der Waals surface area (Å²) in [6, 6.07) is -1.10. The van der Waals surface area contributed by atoms with Gasteiger partial charge in [0.05, 0.1) is 5.92 Å². The predicted octanol–water partition coefficient (Wildman–Crippen LogP) is -0.972.